The van der Waals surface area contributed by atoms with Gasteiger partial charge in [-0.25, -0.2) is 14.8 Å². The van der Waals surface area contributed by atoms with E-state index in [2.05, 4.69) is 30.1 Å². The number of anilines is 3. The van der Waals surface area contributed by atoms with E-state index in [0.717, 1.165) is 66.6 Å². The lowest BCUT2D eigenvalue weighted by Gasteiger charge is -2.61. The van der Waals surface area contributed by atoms with Crippen LogP contribution in [0.25, 0.3) is 22.1 Å². The Balaban J connectivity index is 0.826. The lowest BCUT2D eigenvalue weighted by atomic mass is 9.72. The van der Waals surface area contributed by atoms with Crippen molar-refractivity contribution in [3.8, 4) is 0 Å². The van der Waals surface area contributed by atoms with E-state index in [0.29, 0.717) is 36.1 Å². The fourth-order valence-corrected chi connectivity index (χ4v) is 8.97. The fraction of sp³-hybridized carbons (Fsp3) is 0.436. The Bertz CT molecular complexity index is 2440. The van der Waals surface area contributed by atoms with Gasteiger partial charge in [-0.3, -0.25) is 33.6 Å². The molecule has 0 unspecified atom stereocenters. The number of imide groups is 1. The third-order valence-corrected chi connectivity index (χ3v) is 11.7. The standard InChI is InChI=1S/C39H43N11O5/c1-45(2)36(54)29-16-24-18-41-37(44-34(24)49(29)25-7-4-5-8-25)42-30-13-11-23(17-40-30)15-32(52)48-21-39(22-48)19-47(20-39)26-9-6-10-27-33(26)46(3)38(55)50(27)28-12-14-31(51)43-35(28)53/h6,9-11,13,16-18,25,28H,4-5,7-8,12,14-15,19-22H2,1-3H3,(H,43,51,53)(H,40,41,42,44)/t28-/m1/s1. The van der Waals surface area contributed by atoms with Gasteiger partial charge in [-0.2, -0.15) is 4.98 Å². The highest BCUT2D eigenvalue weighted by atomic mass is 16.2. The van der Waals surface area contributed by atoms with Crippen LogP contribution in [0.5, 0.6) is 0 Å². The molecule has 1 aliphatic carbocycles. The molecular weight excluding hydrogens is 703 g/mol. The number of nitrogens with one attached hydrogen (secondary N) is 2. The highest BCUT2D eigenvalue weighted by Gasteiger charge is 2.53. The number of amides is 4. The first-order chi connectivity index (χ1) is 26.5. The van der Waals surface area contributed by atoms with Gasteiger partial charge >= 0.3 is 5.69 Å². The van der Waals surface area contributed by atoms with E-state index in [-0.39, 0.29) is 54.1 Å². The summed E-state index contributed by atoms with van der Waals surface area (Å²) in [5.74, 6) is 0.148. The van der Waals surface area contributed by atoms with Gasteiger partial charge in [0, 0.05) is 83.0 Å². The summed E-state index contributed by atoms with van der Waals surface area (Å²) in [5.41, 5.74) is 4.18. The number of carbonyl (C=O) groups excluding carboxylic acids is 4. The highest BCUT2D eigenvalue weighted by molar-refractivity contribution is 6.01. The summed E-state index contributed by atoms with van der Waals surface area (Å²) in [6, 6.07) is 10.8. The number of hydrogen-bond acceptors (Lipinski definition) is 10. The molecule has 9 rings (SSSR count). The van der Waals surface area contributed by atoms with Crippen molar-refractivity contribution in [2.24, 2.45) is 12.5 Å². The van der Waals surface area contributed by atoms with E-state index in [1.165, 1.54) is 4.57 Å². The Morgan fingerprint density at radius 1 is 0.964 bits per heavy atom. The molecule has 1 spiro atoms. The molecular formula is C39H43N11O5. The number of aryl methyl sites for hydroxylation is 1. The van der Waals surface area contributed by atoms with E-state index in [4.69, 9.17) is 4.98 Å². The van der Waals surface area contributed by atoms with Crippen LogP contribution in [0.15, 0.2) is 53.6 Å². The summed E-state index contributed by atoms with van der Waals surface area (Å²) < 4.78 is 5.16. The molecule has 2 N–H and O–H groups in total. The zero-order chi connectivity index (χ0) is 38.2. The van der Waals surface area contributed by atoms with Gasteiger partial charge in [0.25, 0.3) is 5.91 Å². The number of pyridine rings is 1. The molecule has 1 saturated carbocycles. The number of likely N-dealkylation sites (tertiary alicyclic amines) is 1. The van der Waals surface area contributed by atoms with Crippen LogP contribution >= 0.6 is 0 Å². The third kappa shape index (κ3) is 5.90. The van der Waals surface area contributed by atoms with E-state index in [9.17, 15) is 24.0 Å². The van der Waals surface area contributed by atoms with Gasteiger partial charge in [0.15, 0.2) is 0 Å². The van der Waals surface area contributed by atoms with Crippen molar-refractivity contribution in [3.05, 3.63) is 70.5 Å². The Kier molecular flexibility index (Phi) is 8.24. The molecule has 5 aromatic rings. The molecule has 3 aliphatic heterocycles. The van der Waals surface area contributed by atoms with Crippen LogP contribution in [0.2, 0.25) is 0 Å². The van der Waals surface area contributed by atoms with Gasteiger partial charge in [0.05, 0.1) is 23.1 Å². The van der Waals surface area contributed by atoms with E-state index < -0.39 is 11.9 Å². The third-order valence-electron chi connectivity index (χ3n) is 11.7. The molecule has 16 nitrogen and oxygen atoms in total. The molecule has 0 bridgehead atoms. The number of hydrogen-bond donors (Lipinski definition) is 2. The van der Waals surface area contributed by atoms with Crippen molar-refractivity contribution in [3.63, 3.8) is 0 Å². The number of piperidine rings is 1. The first-order valence-electron chi connectivity index (χ1n) is 18.9. The monoisotopic (exact) mass is 745 g/mol. The average Bonchev–Trinajstić information content (AvgIpc) is 3.85. The van der Waals surface area contributed by atoms with Crippen LogP contribution in [0, 0.1) is 5.41 Å². The molecule has 3 saturated heterocycles. The van der Waals surface area contributed by atoms with E-state index in [1.807, 2.05) is 41.3 Å². The first kappa shape index (κ1) is 34.7. The van der Waals surface area contributed by atoms with Gasteiger partial charge in [-0.05, 0) is 49.1 Å². The normalized spacial score (nSPS) is 19.5. The largest absolute Gasteiger partial charge is 0.368 e. The molecule has 1 atom stereocenters. The van der Waals surface area contributed by atoms with Crippen molar-refractivity contribution in [2.75, 3.05) is 50.5 Å². The lowest BCUT2D eigenvalue weighted by Crippen LogP contribution is -2.73. The molecule has 4 aliphatic rings. The maximum Gasteiger partial charge on any atom is 0.329 e. The van der Waals surface area contributed by atoms with Gasteiger partial charge in [0.2, 0.25) is 23.7 Å². The summed E-state index contributed by atoms with van der Waals surface area (Å²) in [6.45, 7) is 2.82. The number of para-hydroxylation sites is 1. The predicted molar refractivity (Wildman–Crippen MR) is 204 cm³/mol. The lowest BCUT2D eigenvalue weighted by molar-refractivity contribution is -0.144. The first-order valence-corrected chi connectivity index (χ1v) is 18.9. The number of benzene rings is 1. The number of carbonyl (C=O) groups is 4. The van der Waals surface area contributed by atoms with Gasteiger partial charge < -0.3 is 24.6 Å². The van der Waals surface area contributed by atoms with Crippen molar-refractivity contribution in [2.45, 2.75) is 57.0 Å². The van der Waals surface area contributed by atoms with Crippen LogP contribution in [-0.4, -0.2) is 102 Å². The van der Waals surface area contributed by atoms with Gasteiger partial charge in [0.1, 0.15) is 23.2 Å². The number of nitrogens with zero attached hydrogens (tertiary/aromatic N) is 9. The second-order valence-corrected chi connectivity index (χ2v) is 15.8. The summed E-state index contributed by atoms with van der Waals surface area (Å²) in [5, 5.41) is 6.37. The molecule has 0 radical (unpaired) electrons. The molecule has 4 amide bonds. The second-order valence-electron chi connectivity index (χ2n) is 15.8. The summed E-state index contributed by atoms with van der Waals surface area (Å²) in [4.78, 5) is 83.7. The van der Waals surface area contributed by atoms with Gasteiger partial charge in [-0.15, -0.1) is 0 Å². The Morgan fingerprint density at radius 2 is 1.75 bits per heavy atom. The minimum absolute atomic E-state index is 0.00581. The van der Waals surface area contributed by atoms with Crippen LogP contribution in [0.1, 0.15) is 66.7 Å². The van der Waals surface area contributed by atoms with Crippen molar-refractivity contribution >= 4 is 63.1 Å². The fourth-order valence-electron chi connectivity index (χ4n) is 8.97. The van der Waals surface area contributed by atoms with E-state index in [1.54, 1.807) is 43.0 Å². The zero-order valence-electron chi connectivity index (χ0n) is 31.1. The summed E-state index contributed by atoms with van der Waals surface area (Å²) in [7, 11) is 5.22. The van der Waals surface area contributed by atoms with Crippen LogP contribution in [-0.2, 0) is 27.9 Å². The quantitative estimate of drug-likeness (QED) is 0.225. The number of fused-ring (bicyclic) bond motifs is 2. The molecule has 4 fully saturated rings. The molecule has 4 aromatic heterocycles. The highest BCUT2D eigenvalue weighted by Crippen LogP contribution is 2.44. The second kappa shape index (κ2) is 13.1. The zero-order valence-corrected chi connectivity index (χ0v) is 31.1. The van der Waals surface area contributed by atoms with Crippen LogP contribution in [0.4, 0.5) is 17.5 Å². The SMILES string of the molecule is CN(C)C(=O)c1cc2cnc(Nc3ccc(CC(=O)N4CC5(C4)CN(c4cccc6c4n(C)c(=O)n6[C@@H]4CCC(=O)NC4=O)C5)cn3)nc2n1C1CCCC1. The van der Waals surface area contributed by atoms with E-state index >= 15 is 0 Å². The summed E-state index contributed by atoms with van der Waals surface area (Å²) >= 11 is 0. The number of imidazole rings is 1. The van der Waals surface area contributed by atoms with Crippen molar-refractivity contribution in [1.29, 1.82) is 0 Å². The number of rotatable bonds is 8. The minimum Gasteiger partial charge on any atom is -0.368 e. The van der Waals surface area contributed by atoms with Crippen LogP contribution in [0.3, 0.4) is 0 Å². The van der Waals surface area contributed by atoms with Crippen LogP contribution < -0.4 is 21.2 Å². The number of aromatic nitrogens is 6. The Hall–Kier alpha value is -6.06. The smallest absolute Gasteiger partial charge is 0.329 e. The maximum atomic E-state index is 13.4. The predicted octanol–water partition coefficient (Wildman–Crippen LogP) is 2.91. The molecule has 16 heteroatoms. The Morgan fingerprint density at radius 3 is 2.45 bits per heavy atom. The maximum absolute atomic E-state index is 13.4. The molecule has 284 valence electrons. The molecule has 55 heavy (non-hydrogen) atoms. The Labute approximate surface area is 316 Å². The van der Waals surface area contributed by atoms with Crippen molar-refractivity contribution < 1.29 is 19.2 Å². The minimum atomic E-state index is -0.736. The molecule has 7 heterocycles. The van der Waals surface area contributed by atoms with Gasteiger partial charge in [-0.1, -0.05) is 25.0 Å². The molecule has 1 aromatic carbocycles. The topological polar surface area (TPSA) is 173 Å². The van der Waals surface area contributed by atoms with Crippen molar-refractivity contribution in [1.82, 2.24) is 43.8 Å². The average molecular weight is 746 g/mol. The summed E-state index contributed by atoms with van der Waals surface area (Å²) in [6.07, 6.45) is 8.41.